The van der Waals surface area contributed by atoms with Gasteiger partial charge in [-0.25, -0.2) is 9.18 Å². The number of ether oxygens (including phenoxy) is 1. The Balaban J connectivity index is 2.02. The molecule has 0 bridgehead atoms. The topological polar surface area (TPSA) is 55.4 Å². The summed E-state index contributed by atoms with van der Waals surface area (Å²) < 4.78 is 18.5. The molecule has 0 saturated heterocycles. The van der Waals surface area contributed by atoms with Gasteiger partial charge in [-0.05, 0) is 31.2 Å². The minimum Gasteiger partial charge on any atom is -0.462 e. The predicted octanol–water partition coefficient (Wildman–Crippen LogP) is 5.64. The summed E-state index contributed by atoms with van der Waals surface area (Å²) in [4.78, 5) is 25.0. The lowest BCUT2D eigenvalue weighted by atomic mass is 10.0. The Morgan fingerprint density at radius 2 is 1.93 bits per heavy atom. The van der Waals surface area contributed by atoms with Crippen LogP contribution in [0.15, 0.2) is 53.9 Å². The summed E-state index contributed by atoms with van der Waals surface area (Å²) in [6.45, 7) is 1.89. The third kappa shape index (κ3) is 4.18. The number of hydrogen-bond donors (Lipinski definition) is 1. The van der Waals surface area contributed by atoms with Crippen LogP contribution in [0, 0.1) is 5.82 Å². The lowest BCUT2D eigenvalue weighted by Crippen LogP contribution is -2.15. The fourth-order valence-electron chi connectivity index (χ4n) is 2.54. The number of anilines is 1. The highest BCUT2D eigenvalue weighted by Gasteiger charge is 2.24. The van der Waals surface area contributed by atoms with Crippen molar-refractivity contribution >= 4 is 39.8 Å². The van der Waals surface area contributed by atoms with Gasteiger partial charge in [0.1, 0.15) is 16.4 Å². The second-order valence-electron chi connectivity index (χ2n) is 5.52. The van der Waals surface area contributed by atoms with Gasteiger partial charge in [0.2, 0.25) is 0 Å². The van der Waals surface area contributed by atoms with Crippen molar-refractivity contribution in [2.45, 2.75) is 6.92 Å². The van der Waals surface area contributed by atoms with Crippen LogP contribution < -0.4 is 5.32 Å². The van der Waals surface area contributed by atoms with Crippen LogP contribution >= 0.6 is 22.9 Å². The molecule has 0 fully saturated rings. The van der Waals surface area contributed by atoms with E-state index in [1.54, 1.807) is 36.6 Å². The summed E-state index contributed by atoms with van der Waals surface area (Å²) >= 11 is 7.44. The highest BCUT2D eigenvalue weighted by molar-refractivity contribution is 7.15. The third-order valence-corrected chi connectivity index (χ3v) is 4.97. The van der Waals surface area contributed by atoms with Crippen molar-refractivity contribution < 1.29 is 18.7 Å². The van der Waals surface area contributed by atoms with E-state index in [1.807, 2.05) is 0 Å². The van der Waals surface area contributed by atoms with E-state index >= 15 is 0 Å². The number of nitrogens with one attached hydrogen (secondary N) is 1. The Morgan fingerprint density at radius 3 is 2.63 bits per heavy atom. The fraction of sp³-hybridized carbons (Fsp3) is 0.100. The third-order valence-electron chi connectivity index (χ3n) is 3.75. The van der Waals surface area contributed by atoms with Gasteiger partial charge in [0.15, 0.2) is 0 Å². The smallest absolute Gasteiger partial charge is 0.341 e. The van der Waals surface area contributed by atoms with Crippen molar-refractivity contribution in [3.05, 3.63) is 75.9 Å². The molecule has 0 unspecified atom stereocenters. The molecule has 1 heterocycles. The Morgan fingerprint density at radius 1 is 1.15 bits per heavy atom. The summed E-state index contributed by atoms with van der Waals surface area (Å²) in [6.07, 6.45) is 0. The first-order valence-corrected chi connectivity index (χ1v) is 9.37. The van der Waals surface area contributed by atoms with Gasteiger partial charge in [-0.15, -0.1) is 11.3 Å². The van der Waals surface area contributed by atoms with Crippen LogP contribution in [0.2, 0.25) is 5.02 Å². The molecule has 0 spiro atoms. The van der Waals surface area contributed by atoms with Gasteiger partial charge < -0.3 is 10.1 Å². The Hall–Kier alpha value is -2.70. The number of esters is 1. The van der Waals surface area contributed by atoms with E-state index in [4.69, 9.17) is 16.3 Å². The summed E-state index contributed by atoms with van der Waals surface area (Å²) in [5, 5.41) is 5.20. The quantitative estimate of drug-likeness (QED) is 0.561. The molecule has 4 nitrogen and oxygen atoms in total. The van der Waals surface area contributed by atoms with Crippen LogP contribution in [0.1, 0.15) is 27.6 Å². The molecule has 3 rings (SSSR count). The molecule has 138 valence electrons. The Bertz CT molecular complexity index is 1000. The molecule has 7 heteroatoms. The molecule has 0 aliphatic rings. The maximum absolute atomic E-state index is 13.4. The molecular weight excluding hydrogens is 389 g/mol. The molecule has 0 aliphatic carbocycles. The lowest BCUT2D eigenvalue weighted by Gasteiger charge is -2.09. The molecule has 1 amide bonds. The van der Waals surface area contributed by atoms with Crippen molar-refractivity contribution in [3.63, 3.8) is 0 Å². The van der Waals surface area contributed by atoms with Crippen LogP contribution in [-0.4, -0.2) is 18.5 Å². The SMILES string of the molecule is CCOC(=O)c1c(-c2ccccc2Cl)csc1NC(=O)c1cccc(F)c1. The van der Waals surface area contributed by atoms with E-state index in [0.29, 0.717) is 21.2 Å². The number of hydrogen-bond acceptors (Lipinski definition) is 4. The second kappa shape index (κ2) is 8.33. The molecule has 0 radical (unpaired) electrons. The zero-order chi connectivity index (χ0) is 19.4. The van der Waals surface area contributed by atoms with Crippen LogP contribution in [0.3, 0.4) is 0 Å². The molecule has 27 heavy (non-hydrogen) atoms. The van der Waals surface area contributed by atoms with E-state index in [1.165, 1.54) is 29.5 Å². The van der Waals surface area contributed by atoms with Crippen LogP contribution in [0.25, 0.3) is 11.1 Å². The number of benzene rings is 2. The average Bonchev–Trinajstić information content (AvgIpc) is 3.05. The van der Waals surface area contributed by atoms with E-state index in [2.05, 4.69) is 5.32 Å². The Kier molecular flexibility index (Phi) is 5.88. The summed E-state index contributed by atoms with van der Waals surface area (Å²) in [7, 11) is 0. The van der Waals surface area contributed by atoms with Gasteiger partial charge in [0, 0.05) is 27.1 Å². The minimum absolute atomic E-state index is 0.150. The number of carbonyl (C=O) groups is 2. The number of rotatable bonds is 5. The maximum atomic E-state index is 13.4. The fourth-order valence-corrected chi connectivity index (χ4v) is 3.72. The van der Waals surface area contributed by atoms with Crippen molar-refractivity contribution in [2.24, 2.45) is 0 Å². The van der Waals surface area contributed by atoms with Gasteiger partial charge >= 0.3 is 5.97 Å². The van der Waals surface area contributed by atoms with E-state index in [-0.39, 0.29) is 17.7 Å². The number of thiophene rings is 1. The van der Waals surface area contributed by atoms with Crippen LogP contribution in [0.5, 0.6) is 0 Å². The van der Waals surface area contributed by atoms with Crippen LogP contribution in [-0.2, 0) is 4.74 Å². The summed E-state index contributed by atoms with van der Waals surface area (Å²) in [6, 6.07) is 12.4. The largest absolute Gasteiger partial charge is 0.462 e. The zero-order valence-corrected chi connectivity index (χ0v) is 15.9. The number of halogens is 2. The molecule has 2 aromatic carbocycles. The maximum Gasteiger partial charge on any atom is 0.341 e. The van der Waals surface area contributed by atoms with Crippen molar-refractivity contribution in [2.75, 3.05) is 11.9 Å². The first-order chi connectivity index (χ1) is 13.0. The zero-order valence-electron chi connectivity index (χ0n) is 14.3. The van der Waals surface area contributed by atoms with Crippen molar-refractivity contribution in [1.82, 2.24) is 0 Å². The van der Waals surface area contributed by atoms with Gasteiger partial charge in [-0.3, -0.25) is 4.79 Å². The molecule has 0 atom stereocenters. The highest BCUT2D eigenvalue weighted by atomic mass is 35.5. The molecule has 3 aromatic rings. The van der Waals surface area contributed by atoms with Gasteiger partial charge in [-0.1, -0.05) is 35.9 Å². The lowest BCUT2D eigenvalue weighted by molar-refractivity contribution is 0.0529. The summed E-state index contributed by atoms with van der Waals surface area (Å²) in [5.74, 6) is -1.60. The minimum atomic E-state index is -0.566. The molecule has 0 saturated carbocycles. The molecule has 1 N–H and O–H groups in total. The first-order valence-electron chi connectivity index (χ1n) is 8.11. The number of amides is 1. The number of carbonyl (C=O) groups excluding carboxylic acids is 2. The first kappa shape index (κ1) is 19.1. The van der Waals surface area contributed by atoms with Gasteiger partial charge in [-0.2, -0.15) is 0 Å². The monoisotopic (exact) mass is 403 g/mol. The average molecular weight is 404 g/mol. The second-order valence-corrected chi connectivity index (χ2v) is 6.81. The predicted molar refractivity (Wildman–Crippen MR) is 105 cm³/mol. The van der Waals surface area contributed by atoms with E-state index < -0.39 is 17.7 Å². The van der Waals surface area contributed by atoms with Gasteiger partial charge in [0.05, 0.1) is 6.61 Å². The van der Waals surface area contributed by atoms with Crippen molar-refractivity contribution in [3.8, 4) is 11.1 Å². The van der Waals surface area contributed by atoms with E-state index in [9.17, 15) is 14.0 Å². The molecule has 1 aromatic heterocycles. The van der Waals surface area contributed by atoms with E-state index in [0.717, 1.165) is 6.07 Å². The molecule has 0 aliphatic heterocycles. The summed E-state index contributed by atoms with van der Waals surface area (Å²) in [5.41, 5.74) is 1.60. The standard InChI is InChI=1S/C20H15ClFNO3S/c1-2-26-20(25)17-15(14-8-3-4-9-16(14)21)11-27-19(17)23-18(24)12-6-5-7-13(22)10-12/h3-11H,2H2,1H3,(H,23,24). The normalized spacial score (nSPS) is 10.5. The van der Waals surface area contributed by atoms with Crippen LogP contribution in [0.4, 0.5) is 9.39 Å². The van der Waals surface area contributed by atoms with Crippen molar-refractivity contribution in [1.29, 1.82) is 0 Å². The Labute approximate surface area is 164 Å². The molecular formula is C20H15ClFNO3S. The van der Waals surface area contributed by atoms with Gasteiger partial charge in [0.25, 0.3) is 5.91 Å². The highest BCUT2D eigenvalue weighted by Crippen LogP contribution is 2.39.